The molecule has 0 saturated carbocycles. The van der Waals surface area contributed by atoms with Crippen LogP contribution in [-0.2, 0) is 6.18 Å². The molecule has 0 aliphatic carbocycles. The molecule has 0 amide bonds. The highest BCUT2D eigenvalue weighted by molar-refractivity contribution is 7.16. The lowest BCUT2D eigenvalue weighted by Gasteiger charge is -2.17. The number of hydrogen-bond acceptors (Lipinski definition) is 2. The lowest BCUT2D eigenvalue weighted by atomic mass is 10.1. The largest absolute Gasteiger partial charge is 0.416 e. The predicted octanol–water partition coefficient (Wildman–Crippen LogP) is 5.90. The van der Waals surface area contributed by atoms with Crippen molar-refractivity contribution in [1.82, 2.24) is 0 Å². The van der Waals surface area contributed by atoms with Gasteiger partial charge in [-0.25, -0.2) is 0 Å². The Kier molecular flexibility index (Phi) is 4.30. The molecule has 2 aromatic rings. The van der Waals surface area contributed by atoms with E-state index in [1.54, 1.807) is 12.1 Å². The fourth-order valence-corrected chi connectivity index (χ4v) is 2.96. The summed E-state index contributed by atoms with van der Waals surface area (Å²) >= 11 is 7.26. The lowest BCUT2D eigenvalue weighted by molar-refractivity contribution is -0.138. The van der Waals surface area contributed by atoms with Gasteiger partial charge in [-0.2, -0.15) is 13.2 Å². The number of thiophene rings is 1. The number of halogens is 4. The van der Waals surface area contributed by atoms with Crippen LogP contribution in [0.15, 0.2) is 30.3 Å². The molecule has 0 aliphatic heterocycles. The molecule has 1 heterocycles. The Bertz CT molecular complexity index is 607. The Morgan fingerprint density at radius 1 is 1.20 bits per heavy atom. The van der Waals surface area contributed by atoms with E-state index in [-0.39, 0.29) is 11.6 Å². The number of hydrogen-bond donors (Lipinski definition) is 1. The Morgan fingerprint density at radius 3 is 2.45 bits per heavy atom. The quantitative estimate of drug-likeness (QED) is 0.742. The molecule has 1 atom stereocenters. The van der Waals surface area contributed by atoms with Crippen molar-refractivity contribution in [2.45, 2.75) is 26.1 Å². The van der Waals surface area contributed by atoms with Crippen LogP contribution in [0.3, 0.4) is 0 Å². The summed E-state index contributed by atoms with van der Waals surface area (Å²) in [5.74, 6) is 0. The van der Waals surface area contributed by atoms with Crippen molar-refractivity contribution in [3.8, 4) is 0 Å². The van der Waals surface area contributed by atoms with E-state index in [9.17, 15) is 13.2 Å². The normalized spacial score (nSPS) is 13.3. The molecule has 2 rings (SSSR count). The average Bonchev–Trinajstić information content (AvgIpc) is 2.77. The van der Waals surface area contributed by atoms with Gasteiger partial charge < -0.3 is 5.32 Å². The number of rotatable bonds is 3. The molecule has 0 aliphatic rings. The average molecular weight is 320 g/mol. The summed E-state index contributed by atoms with van der Waals surface area (Å²) in [5.41, 5.74) is 0.0498. The number of anilines is 1. The maximum atomic E-state index is 12.8. The minimum atomic E-state index is -4.34. The van der Waals surface area contributed by atoms with Crippen LogP contribution in [0.4, 0.5) is 18.9 Å². The fraction of sp³-hybridized carbons (Fsp3) is 0.286. The minimum absolute atomic E-state index is 0.101. The molecule has 6 heteroatoms. The van der Waals surface area contributed by atoms with E-state index in [0.717, 1.165) is 10.9 Å². The summed E-state index contributed by atoms with van der Waals surface area (Å²) in [7, 11) is 0. The number of nitrogens with one attached hydrogen (secondary N) is 1. The van der Waals surface area contributed by atoms with E-state index in [4.69, 9.17) is 11.6 Å². The van der Waals surface area contributed by atoms with E-state index in [2.05, 4.69) is 5.32 Å². The van der Waals surface area contributed by atoms with Crippen LogP contribution in [0.25, 0.3) is 0 Å². The van der Waals surface area contributed by atoms with Crippen molar-refractivity contribution in [3.05, 3.63) is 50.7 Å². The monoisotopic (exact) mass is 319 g/mol. The summed E-state index contributed by atoms with van der Waals surface area (Å²) in [4.78, 5) is 0.976. The molecule has 0 saturated heterocycles. The van der Waals surface area contributed by atoms with Gasteiger partial charge in [-0.15, -0.1) is 11.3 Å². The molecule has 0 bridgehead atoms. The minimum Gasteiger partial charge on any atom is -0.378 e. The van der Waals surface area contributed by atoms with Gasteiger partial charge in [0.15, 0.2) is 0 Å². The van der Waals surface area contributed by atoms with Crippen molar-refractivity contribution >= 4 is 28.6 Å². The molecule has 1 aromatic carbocycles. The van der Waals surface area contributed by atoms with Crippen molar-refractivity contribution < 1.29 is 13.2 Å². The van der Waals surface area contributed by atoms with Crippen LogP contribution in [-0.4, -0.2) is 0 Å². The van der Waals surface area contributed by atoms with Crippen molar-refractivity contribution in [2.24, 2.45) is 0 Å². The zero-order valence-electron chi connectivity index (χ0n) is 10.9. The van der Waals surface area contributed by atoms with E-state index in [1.807, 2.05) is 13.0 Å². The third-order valence-corrected chi connectivity index (χ3v) is 4.36. The molecule has 1 N–H and O–H groups in total. The van der Waals surface area contributed by atoms with Crippen LogP contribution in [0.1, 0.15) is 29.0 Å². The first-order valence-corrected chi connectivity index (χ1v) is 7.16. The molecular weight excluding hydrogens is 307 g/mol. The van der Waals surface area contributed by atoms with Crippen molar-refractivity contribution in [1.29, 1.82) is 0 Å². The maximum absolute atomic E-state index is 12.8. The Balaban J connectivity index is 2.22. The fourth-order valence-electron chi connectivity index (χ4n) is 1.90. The van der Waals surface area contributed by atoms with Crippen LogP contribution >= 0.6 is 22.9 Å². The van der Waals surface area contributed by atoms with Gasteiger partial charge in [0, 0.05) is 10.6 Å². The van der Waals surface area contributed by atoms with E-state index >= 15 is 0 Å². The maximum Gasteiger partial charge on any atom is 0.416 e. The number of alkyl halides is 3. The molecule has 1 aromatic heterocycles. The van der Waals surface area contributed by atoms with Crippen LogP contribution < -0.4 is 5.32 Å². The molecule has 1 unspecified atom stereocenters. The highest BCUT2D eigenvalue weighted by Crippen LogP contribution is 2.35. The summed E-state index contributed by atoms with van der Waals surface area (Å²) < 4.78 is 39.2. The second-order valence-electron chi connectivity index (χ2n) is 4.54. The van der Waals surface area contributed by atoms with E-state index in [1.165, 1.54) is 24.3 Å². The Hall–Kier alpha value is -1.20. The summed E-state index contributed by atoms with van der Waals surface area (Å²) in [6.45, 7) is 3.34. The molecule has 20 heavy (non-hydrogen) atoms. The van der Waals surface area contributed by atoms with Crippen LogP contribution in [0, 0.1) is 6.92 Å². The Labute approximate surface area is 124 Å². The molecule has 0 radical (unpaired) electrons. The van der Waals surface area contributed by atoms with Gasteiger partial charge in [0.2, 0.25) is 0 Å². The van der Waals surface area contributed by atoms with Gasteiger partial charge in [-0.3, -0.25) is 0 Å². The standard InChI is InChI=1S/C14H13ClF3NS/c1-8-3-4-10(7-11(8)14(16,17)18)19-9(2)12-5-6-13(15)20-12/h3-7,9,19H,1-2H3. The SMILES string of the molecule is Cc1ccc(NC(C)c2ccc(Cl)s2)cc1C(F)(F)F. The Morgan fingerprint density at radius 2 is 1.90 bits per heavy atom. The van der Waals surface area contributed by atoms with Gasteiger partial charge >= 0.3 is 6.18 Å². The summed E-state index contributed by atoms with van der Waals surface area (Å²) in [6.07, 6.45) is -4.34. The zero-order valence-corrected chi connectivity index (χ0v) is 12.5. The van der Waals surface area contributed by atoms with Crippen molar-refractivity contribution in [2.75, 3.05) is 5.32 Å². The molecule has 108 valence electrons. The first-order chi connectivity index (χ1) is 9.27. The van der Waals surface area contributed by atoms with Gasteiger partial charge in [0.05, 0.1) is 15.9 Å². The molecular formula is C14H13ClF3NS. The van der Waals surface area contributed by atoms with Gasteiger partial charge in [0.25, 0.3) is 0 Å². The van der Waals surface area contributed by atoms with Crippen LogP contribution in [0.5, 0.6) is 0 Å². The molecule has 1 nitrogen and oxygen atoms in total. The van der Waals surface area contributed by atoms with Gasteiger partial charge in [0.1, 0.15) is 0 Å². The third-order valence-electron chi connectivity index (χ3n) is 2.95. The predicted molar refractivity (Wildman–Crippen MR) is 77.5 cm³/mol. The second-order valence-corrected chi connectivity index (χ2v) is 6.28. The smallest absolute Gasteiger partial charge is 0.378 e. The van der Waals surface area contributed by atoms with Gasteiger partial charge in [-0.05, 0) is 43.7 Å². The first kappa shape index (κ1) is 15.2. The number of benzene rings is 1. The van der Waals surface area contributed by atoms with E-state index in [0.29, 0.717) is 10.0 Å². The summed E-state index contributed by atoms with van der Waals surface area (Å²) in [5, 5.41) is 3.06. The zero-order chi connectivity index (χ0) is 14.9. The molecule has 0 spiro atoms. The van der Waals surface area contributed by atoms with Crippen LogP contribution in [0.2, 0.25) is 4.34 Å². The highest BCUT2D eigenvalue weighted by atomic mass is 35.5. The number of aryl methyl sites for hydroxylation is 1. The summed E-state index contributed by atoms with van der Waals surface area (Å²) in [6, 6.07) is 7.80. The third kappa shape index (κ3) is 3.46. The van der Waals surface area contributed by atoms with E-state index < -0.39 is 11.7 Å². The van der Waals surface area contributed by atoms with Gasteiger partial charge in [-0.1, -0.05) is 17.7 Å². The highest BCUT2D eigenvalue weighted by Gasteiger charge is 2.32. The lowest BCUT2D eigenvalue weighted by Crippen LogP contribution is -2.10. The molecule has 0 fully saturated rings. The topological polar surface area (TPSA) is 12.0 Å². The first-order valence-electron chi connectivity index (χ1n) is 5.97. The van der Waals surface area contributed by atoms with Crippen molar-refractivity contribution in [3.63, 3.8) is 0 Å². The second kappa shape index (κ2) is 5.66.